The van der Waals surface area contributed by atoms with E-state index >= 15 is 0 Å². The molecular weight excluding hydrogens is 263 g/mol. The lowest BCUT2D eigenvalue weighted by molar-refractivity contribution is -0.126. The number of benzene rings is 1. The minimum atomic E-state index is -0.913. The first kappa shape index (κ1) is 14.2. The molecule has 0 aliphatic carbocycles. The summed E-state index contributed by atoms with van der Waals surface area (Å²) in [6.45, 7) is 1.45. The topological polar surface area (TPSA) is 67.4 Å². The summed E-state index contributed by atoms with van der Waals surface area (Å²) in [5.74, 6) is -0.956. The van der Waals surface area contributed by atoms with Crippen LogP contribution in [0.4, 0.5) is 9.18 Å². The van der Waals surface area contributed by atoms with E-state index in [0.29, 0.717) is 0 Å². The fourth-order valence-electron chi connectivity index (χ4n) is 1.08. The summed E-state index contributed by atoms with van der Waals surface area (Å²) in [5, 5.41) is 4.18. The van der Waals surface area contributed by atoms with Crippen molar-refractivity contribution in [2.24, 2.45) is 0 Å². The predicted molar refractivity (Wildman–Crippen MR) is 64.1 cm³/mol. The van der Waals surface area contributed by atoms with E-state index in [9.17, 15) is 14.0 Å². The zero-order valence-corrected chi connectivity index (χ0v) is 10.5. The number of carbonyl (C=O) groups is 2. The molecule has 18 heavy (non-hydrogen) atoms. The van der Waals surface area contributed by atoms with Crippen LogP contribution < -0.4 is 15.4 Å². The first-order valence-electron chi connectivity index (χ1n) is 5.08. The Kier molecular flexibility index (Phi) is 4.91. The van der Waals surface area contributed by atoms with Gasteiger partial charge in [-0.15, -0.1) is 0 Å². The van der Waals surface area contributed by atoms with Gasteiger partial charge in [0.2, 0.25) is 0 Å². The third-order valence-corrected chi connectivity index (χ3v) is 2.33. The summed E-state index contributed by atoms with van der Waals surface area (Å²) >= 11 is 5.56. The van der Waals surface area contributed by atoms with Gasteiger partial charge in [0.15, 0.2) is 6.10 Å². The van der Waals surface area contributed by atoms with Gasteiger partial charge in [-0.05, 0) is 19.1 Å². The molecule has 1 aromatic carbocycles. The average Bonchev–Trinajstić information content (AvgIpc) is 2.33. The molecule has 1 rings (SSSR count). The second kappa shape index (κ2) is 6.20. The molecule has 3 amide bonds. The molecule has 0 fully saturated rings. The van der Waals surface area contributed by atoms with Crippen LogP contribution >= 0.6 is 11.6 Å². The number of carbonyl (C=O) groups excluding carboxylic acids is 2. The van der Waals surface area contributed by atoms with Crippen LogP contribution in [-0.4, -0.2) is 25.1 Å². The fraction of sp³-hybridized carbons (Fsp3) is 0.273. The van der Waals surface area contributed by atoms with Crippen molar-refractivity contribution in [3.8, 4) is 5.75 Å². The zero-order valence-electron chi connectivity index (χ0n) is 9.79. The molecule has 1 aromatic rings. The molecule has 5 nitrogen and oxygen atoms in total. The highest BCUT2D eigenvalue weighted by atomic mass is 35.5. The third-order valence-electron chi connectivity index (χ3n) is 2.04. The molecule has 0 aliphatic rings. The Labute approximate surface area is 108 Å². The van der Waals surface area contributed by atoms with E-state index < -0.39 is 23.9 Å². The Morgan fingerprint density at radius 2 is 2.11 bits per heavy atom. The van der Waals surface area contributed by atoms with Gasteiger partial charge in [-0.2, -0.15) is 0 Å². The molecule has 0 saturated heterocycles. The number of imide groups is 1. The van der Waals surface area contributed by atoms with E-state index in [1.165, 1.54) is 26.1 Å². The molecule has 0 radical (unpaired) electrons. The molecule has 0 spiro atoms. The van der Waals surface area contributed by atoms with Gasteiger partial charge in [0.05, 0.1) is 5.02 Å². The molecule has 0 saturated carbocycles. The van der Waals surface area contributed by atoms with Gasteiger partial charge in [0.25, 0.3) is 5.91 Å². The van der Waals surface area contributed by atoms with Crippen LogP contribution in [0.5, 0.6) is 5.75 Å². The highest BCUT2D eigenvalue weighted by molar-refractivity contribution is 6.30. The van der Waals surface area contributed by atoms with E-state index in [-0.39, 0.29) is 10.8 Å². The Hall–Kier alpha value is -1.82. The number of nitrogens with one attached hydrogen (secondary N) is 2. The van der Waals surface area contributed by atoms with Gasteiger partial charge in [-0.1, -0.05) is 11.6 Å². The van der Waals surface area contributed by atoms with Crippen LogP contribution in [0.3, 0.4) is 0 Å². The number of urea groups is 1. The number of hydrogen-bond donors (Lipinski definition) is 2. The van der Waals surface area contributed by atoms with Gasteiger partial charge in [0, 0.05) is 13.1 Å². The largest absolute Gasteiger partial charge is 0.481 e. The Morgan fingerprint density at radius 1 is 1.44 bits per heavy atom. The van der Waals surface area contributed by atoms with Crippen molar-refractivity contribution in [3.05, 3.63) is 29.0 Å². The van der Waals surface area contributed by atoms with Crippen LogP contribution in [0.2, 0.25) is 5.02 Å². The second-order valence-corrected chi connectivity index (χ2v) is 3.81. The maximum Gasteiger partial charge on any atom is 0.321 e. The fourth-order valence-corrected chi connectivity index (χ4v) is 1.25. The van der Waals surface area contributed by atoms with Crippen LogP contribution in [0.15, 0.2) is 18.2 Å². The summed E-state index contributed by atoms with van der Waals surface area (Å²) in [6.07, 6.45) is -0.913. The lowest BCUT2D eigenvalue weighted by Crippen LogP contribution is -2.43. The van der Waals surface area contributed by atoms with E-state index in [0.717, 1.165) is 6.07 Å². The monoisotopic (exact) mass is 274 g/mol. The van der Waals surface area contributed by atoms with Crippen LogP contribution in [0.25, 0.3) is 0 Å². The number of ether oxygens (including phenoxy) is 1. The molecule has 98 valence electrons. The number of amides is 3. The second-order valence-electron chi connectivity index (χ2n) is 3.40. The van der Waals surface area contributed by atoms with Gasteiger partial charge in [-0.3, -0.25) is 10.1 Å². The van der Waals surface area contributed by atoms with Crippen molar-refractivity contribution < 1.29 is 18.7 Å². The van der Waals surface area contributed by atoms with Crippen molar-refractivity contribution in [2.75, 3.05) is 7.05 Å². The quantitative estimate of drug-likeness (QED) is 0.882. The molecule has 0 heterocycles. The van der Waals surface area contributed by atoms with Gasteiger partial charge in [-0.25, -0.2) is 9.18 Å². The van der Waals surface area contributed by atoms with Gasteiger partial charge < -0.3 is 10.1 Å². The predicted octanol–water partition coefficient (Wildman–Crippen LogP) is 1.70. The van der Waals surface area contributed by atoms with E-state index in [2.05, 4.69) is 10.6 Å². The Bertz CT molecular complexity index is 468. The summed E-state index contributed by atoms with van der Waals surface area (Å²) in [7, 11) is 1.38. The van der Waals surface area contributed by atoms with E-state index in [1.54, 1.807) is 0 Å². The summed E-state index contributed by atoms with van der Waals surface area (Å²) < 4.78 is 18.1. The third kappa shape index (κ3) is 3.89. The minimum Gasteiger partial charge on any atom is -0.481 e. The van der Waals surface area contributed by atoms with Crippen LogP contribution in [-0.2, 0) is 4.79 Å². The molecule has 7 heteroatoms. The first-order valence-corrected chi connectivity index (χ1v) is 5.46. The molecule has 2 N–H and O–H groups in total. The number of hydrogen-bond acceptors (Lipinski definition) is 3. The lowest BCUT2D eigenvalue weighted by Gasteiger charge is -2.14. The summed E-state index contributed by atoms with van der Waals surface area (Å²) in [5.41, 5.74) is 0. The Morgan fingerprint density at radius 3 is 2.67 bits per heavy atom. The van der Waals surface area contributed by atoms with Crippen molar-refractivity contribution in [2.45, 2.75) is 13.0 Å². The van der Waals surface area contributed by atoms with Crippen molar-refractivity contribution in [1.29, 1.82) is 0 Å². The highest BCUT2D eigenvalue weighted by Gasteiger charge is 2.17. The highest BCUT2D eigenvalue weighted by Crippen LogP contribution is 2.21. The summed E-state index contributed by atoms with van der Waals surface area (Å²) in [6, 6.07) is 3.08. The van der Waals surface area contributed by atoms with Gasteiger partial charge >= 0.3 is 6.03 Å². The average molecular weight is 275 g/mol. The van der Waals surface area contributed by atoms with Crippen LogP contribution in [0.1, 0.15) is 6.92 Å². The van der Waals surface area contributed by atoms with Crippen molar-refractivity contribution in [1.82, 2.24) is 10.6 Å². The van der Waals surface area contributed by atoms with E-state index in [4.69, 9.17) is 16.3 Å². The number of rotatable bonds is 3. The van der Waals surface area contributed by atoms with E-state index in [1.807, 2.05) is 0 Å². The molecule has 0 bridgehead atoms. The van der Waals surface area contributed by atoms with Crippen molar-refractivity contribution >= 4 is 23.5 Å². The smallest absolute Gasteiger partial charge is 0.321 e. The van der Waals surface area contributed by atoms with Gasteiger partial charge in [0.1, 0.15) is 11.6 Å². The maximum atomic E-state index is 12.9. The molecular formula is C11H12ClFN2O3. The van der Waals surface area contributed by atoms with Crippen molar-refractivity contribution in [3.63, 3.8) is 0 Å². The summed E-state index contributed by atoms with van der Waals surface area (Å²) in [4.78, 5) is 22.4. The maximum absolute atomic E-state index is 12.9. The first-order chi connectivity index (χ1) is 8.43. The minimum absolute atomic E-state index is 0.105. The molecule has 0 aliphatic heterocycles. The normalized spacial score (nSPS) is 11.6. The van der Waals surface area contributed by atoms with Crippen LogP contribution in [0, 0.1) is 5.82 Å². The SMILES string of the molecule is CNC(=O)NC(=O)[C@H](C)Oc1ccc(F)c(Cl)c1. The lowest BCUT2D eigenvalue weighted by atomic mass is 10.3. The zero-order chi connectivity index (χ0) is 13.7. The Balaban J connectivity index is 2.63. The number of halogens is 2. The molecule has 1 atom stereocenters. The standard InChI is InChI=1S/C11H12ClFN2O3/c1-6(10(16)15-11(17)14-2)18-7-3-4-9(13)8(12)5-7/h3-6H,1-2H3,(H2,14,15,16,17)/t6-/m0/s1. The molecule has 0 aromatic heterocycles. The molecule has 0 unspecified atom stereocenters.